The zero-order valence-corrected chi connectivity index (χ0v) is 10.4. The highest BCUT2D eigenvalue weighted by Gasteiger charge is 2.33. The van der Waals surface area contributed by atoms with E-state index in [2.05, 4.69) is 11.0 Å². The highest BCUT2D eigenvalue weighted by molar-refractivity contribution is 5.37. The normalized spacial score (nSPS) is 28.7. The highest BCUT2D eigenvalue weighted by atomic mass is 16.4. The van der Waals surface area contributed by atoms with Gasteiger partial charge in [-0.25, -0.2) is 0 Å². The lowest BCUT2D eigenvalue weighted by atomic mass is 9.81. The summed E-state index contributed by atoms with van der Waals surface area (Å²) in [4.78, 5) is 2.16. The Bertz CT molecular complexity index is 424. The summed E-state index contributed by atoms with van der Waals surface area (Å²) in [5.74, 6) is 1.82. The first-order valence-electron chi connectivity index (χ1n) is 6.03. The number of nitriles is 1. The van der Waals surface area contributed by atoms with Gasteiger partial charge in [0.15, 0.2) is 5.88 Å². The molecule has 4 nitrogen and oxygen atoms in total. The molecule has 0 unspecified atom stereocenters. The molecule has 1 saturated carbocycles. The van der Waals surface area contributed by atoms with Crippen molar-refractivity contribution >= 4 is 5.88 Å². The van der Waals surface area contributed by atoms with Crippen molar-refractivity contribution in [2.75, 3.05) is 11.9 Å². The molecule has 0 aromatic carbocycles. The van der Waals surface area contributed by atoms with Gasteiger partial charge >= 0.3 is 0 Å². The van der Waals surface area contributed by atoms with Crippen molar-refractivity contribution in [2.45, 2.75) is 44.2 Å². The van der Waals surface area contributed by atoms with Crippen LogP contribution >= 0.6 is 0 Å². The minimum absolute atomic E-state index is 0.422. The Kier molecular flexibility index (Phi) is 3.12. The average Bonchev–Trinajstić information content (AvgIpc) is 2.76. The Morgan fingerprint density at radius 3 is 2.59 bits per heavy atom. The summed E-state index contributed by atoms with van der Waals surface area (Å²) >= 11 is 0. The van der Waals surface area contributed by atoms with Gasteiger partial charge in [-0.1, -0.05) is 0 Å². The number of aryl methyl sites for hydroxylation is 1. The Balaban J connectivity index is 2.00. The fourth-order valence-corrected chi connectivity index (χ4v) is 2.41. The zero-order valence-electron chi connectivity index (χ0n) is 10.4. The minimum Gasteiger partial charge on any atom is -0.446 e. The van der Waals surface area contributed by atoms with E-state index in [9.17, 15) is 0 Å². The van der Waals surface area contributed by atoms with E-state index in [1.807, 2.05) is 26.1 Å². The lowest BCUT2D eigenvalue weighted by Crippen LogP contribution is -2.46. The molecule has 2 rings (SSSR count). The lowest BCUT2D eigenvalue weighted by Gasteiger charge is -2.36. The molecule has 1 aliphatic rings. The Hall–Kier alpha value is -1.47. The first-order chi connectivity index (χ1) is 8.04. The van der Waals surface area contributed by atoms with E-state index in [0.29, 0.717) is 6.04 Å². The summed E-state index contributed by atoms with van der Waals surface area (Å²) in [5, 5.41) is 8.99. The van der Waals surface area contributed by atoms with Crippen molar-refractivity contribution in [3.05, 3.63) is 17.9 Å². The second-order valence-corrected chi connectivity index (χ2v) is 4.99. The summed E-state index contributed by atoms with van der Waals surface area (Å²) in [7, 11) is 2.04. The molecule has 1 heterocycles. The van der Waals surface area contributed by atoms with Gasteiger partial charge in [-0.05, 0) is 38.7 Å². The van der Waals surface area contributed by atoms with Gasteiger partial charge in [0.05, 0.1) is 6.07 Å². The van der Waals surface area contributed by atoms with E-state index in [1.165, 1.54) is 0 Å². The van der Waals surface area contributed by atoms with Gasteiger partial charge in [0.2, 0.25) is 0 Å². The van der Waals surface area contributed by atoms with Crippen LogP contribution in [0.4, 0.5) is 5.88 Å². The third-order valence-electron chi connectivity index (χ3n) is 3.69. The molecule has 0 aliphatic heterocycles. The van der Waals surface area contributed by atoms with E-state index >= 15 is 0 Å². The van der Waals surface area contributed by atoms with Gasteiger partial charge in [0.25, 0.3) is 0 Å². The minimum atomic E-state index is -0.615. The van der Waals surface area contributed by atoms with E-state index in [4.69, 9.17) is 15.4 Å². The van der Waals surface area contributed by atoms with E-state index < -0.39 is 5.54 Å². The fraction of sp³-hybridized carbons (Fsp3) is 0.615. The second-order valence-electron chi connectivity index (χ2n) is 4.99. The van der Waals surface area contributed by atoms with Crippen LogP contribution < -0.4 is 10.6 Å². The van der Waals surface area contributed by atoms with Crippen LogP contribution in [0.5, 0.6) is 0 Å². The predicted molar refractivity (Wildman–Crippen MR) is 66.6 cm³/mol. The molecule has 0 amide bonds. The summed E-state index contributed by atoms with van der Waals surface area (Å²) in [6.45, 7) is 1.94. The van der Waals surface area contributed by atoms with E-state index in [1.54, 1.807) is 0 Å². The predicted octanol–water partition coefficient (Wildman–Crippen LogP) is 2.19. The maximum absolute atomic E-state index is 8.99. The van der Waals surface area contributed by atoms with Crippen molar-refractivity contribution < 1.29 is 4.42 Å². The SMILES string of the molecule is Cc1ccc(N(C)C2CCC(N)(C#N)CC2)o1. The lowest BCUT2D eigenvalue weighted by molar-refractivity contribution is 0.321. The van der Waals surface area contributed by atoms with Gasteiger partial charge in [-0.3, -0.25) is 0 Å². The van der Waals surface area contributed by atoms with Gasteiger partial charge in [-0.2, -0.15) is 5.26 Å². The van der Waals surface area contributed by atoms with Crippen LogP contribution in [-0.2, 0) is 0 Å². The van der Waals surface area contributed by atoms with Crippen LogP contribution in [0.1, 0.15) is 31.4 Å². The molecule has 0 radical (unpaired) electrons. The van der Waals surface area contributed by atoms with Crippen LogP contribution in [0.2, 0.25) is 0 Å². The molecule has 2 N–H and O–H groups in total. The van der Waals surface area contributed by atoms with Gasteiger partial charge < -0.3 is 15.1 Å². The van der Waals surface area contributed by atoms with Crippen LogP contribution in [0.15, 0.2) is 16.5 Å². The van der Waals surface area contributed by atoms with Crippen molar-refractivity contribution in [3.63, 3.8) is 0 Å². The molecule has 1 aliphatic carbocycles. The molecule has 92 valence electrons. The third kappa shape index (κ3) is 2.45. The molecular weight excluding hydrogens is 214 g/mol. The van der Waals surface area contributed by atoms with E-state index in [0.717, 1.165) is 37.3 Å². The molecule has 17 heavy (non-hydrogen) atoms. The Morgan fingerprint density at radius 2 is 2.12 bits per heavy atom. The monoisotopic (exact) mass is 233 g/mol. The average molecular weight is 233 g/mol. The Labute approximate surface area is 102 Å². The van der Waals surface area contributed by atoms with Gasteiger partial charge in [0.1, 0.15) is 11.3 Å². The molecule has 1 aromatic heterocycles. The second kappa shape index (κ2) is 4.42. The van der Waals surface area contributed by atoms with Crippen LogP contribution in [-0.4, -0.2) is 18.6 Å². The molecule has 4 heteroatoms. The van der Waals surface area contributed by atoms with Gasteiger partial charge in [0, 0.05) is 19.2 Å². The summed E-state index contributed by atoms with van der Waals surface area (Å²) in [6, 6.07) is 6.60. The first kappa shape index (κ1) is 12.0. The van der Waals surface area contributed by atoms with Crippen molar-refractivity contribution in [2.24, 2.45) is 5.73 Å². The maximum atomic E-state index is 8.99. The van der Waals surface area contributed by atoms with Crippen molar-refractivity contribution in [1.29, 1.82) is 5.26 Å². The zero-order chi connectivity index (χ0) is 12.5. The number of hydrogen-bond donors (Lipinski definition) is 1. The van der Waals surface area contributed by atoms with Crippen molar-refractivity contribution in [3.8, 4) is 6.07 Å². The third-order valence-corrected chi connectivity index (χ3v) is 3.69. The van der Waals surface area contributed by atoms with Crippen LogP contribution in [0.25, 0.3) is 0 Å². The summed E-state index contributed by atoms with van der Waals surface area (Å²) < 4.78 is 5.61. The quantitative estimate of drug-likeness (QED) is 0.850. The van der Waals surface area contributed by atoms with Gasteiger partial charge in [-0.15, -0.1) is 0 Å². The fourth-order valence-electron chi connectivity index (χ4n) is 2.41. The number of nitrogens with zero attached hydrogens (tertiary/aromatic N) is 2. The maximum Gasteiger partial charge on any atom is 0.195 e. The van der Waals surface area contributed by atoms with Crippen LogP contribution in [0.3, 0.4) is 0 Å². The smallest absolute Gasteiger partial charge is 0.195 e. The topological polar surface area (TPSA) is 66.2 Å². The largest absolute Gasteiger partial charge is 0.446 e. The molecule has 0 bridgehead atoms. The van der Waals surface area contributed by atoms with E-state index in [-0.39, 0.29) is 0 Å². The number of anilines is 1. The number of rotatable bonds is 2. The number of hydrogen-bond acceptors (Lipinski definition) is 4. The molecule has 1 fully saturated rings. The molecular formula is C13H19N3O. The number of furan rings is 1. The first-order valence-corrected chi connectivity index (χ1v) is 6.03. The molecule has 0 spiro atoms. The summed E-state index contributed by atoms with van der Waals surface area (Å²) in [6.07, 6.45) is 3.41. The standard InChI is InChI=1S/C13H19N3O/c1-10-3-4-12(17-10)16(2)11-5-7-13(15,9-14)8-6-11/h3-4,11H,5-8,15H2,1-2H3. The van der Waals surface area contributed by atoms with Crippen molar-refractivity contribution in [1.82, 2.24) is 0 Å². The summed E-state index contributed by atoms with van der Waals surface area (Å²) in [5.41, 5.74) is 5.35. The highest BCUT2D eigenvalue weighted by Crippen LogP contribution is 2.31. The molecule has 0 saturated heterocycles. The number of nitrogens with two attached hydrogens (primary N) is 1. The Morgan fingerprint density at radius 1 is 1.47 bits per heavy atom. The van der Waals surface area contributed by atoms with Crippen LogP contribution in [0, 0.1) is 18.3 Å². The molecule has 1 aromatic rings. The molecule has 0 atom stereocenters.